The van der Waals surface area contributed by atoms with Crippen LogP contribution in [0.3, 0.4) is 0 Å². The fourth-order valence-electron chi connectivity index (χ4n) is 3.35. The van der Waals surface area contributed by atoms with Gasteiger partial charge in [0.25, 0.3) is 5.91 Å². The van der Waals surface area contributed by atoms with E-state index in [4.69, 9.17) is 9.47 Å². The third kappa shape index (κ3) is 5.52. The number of nitrogens with one attached hydrogen (secondary N) is 1. The van der Waals surface area contributed by atoms with Crippen molar-refractivity contribution in [3.63, 3.8) is 0 Å². The fraction of sp³-hybridized carbons (Fsp3) is 0.409. The Morgan fingerprint density at radius 1 is 1.03 bits per heavy atom. The van der Waals surface area contributed by atoms with Gasteiger partial charge in [0.1, 0.15) is 18.1 Å². The lowest BCUT2D eigenvalue weighted by molar-refractivity contribution is -0.123. The lowest BCUT2D eigenvalue weighted by Crippen LogP contribution is -2.32. The zero-order chi connectivity index (χ0) is 21.6. The Morgan fingerprint density at radius 3 is 2.50 bits per heavy atom. The quantitative estimate of drug-likeness (QED) is 0.615. The zero-order valence-electron chi connectivity index (χ0n) is 17.4. The van der Waals surface area contributed by atoms with Crippen LogP contribution in [-0.2, 0) is 27.7 Å². The standard InChI is InChI=1S/C22H28N2O5S/c1-24(2)30(26,27)19-12-10-18(11-13-19)28-15-14-23-22(25)16-29-21-9-5-7-17-6-3-4-8-20(17)21/h5,7,9-13H,3-4,6,8,14-16H2,1-2H3,(H,23,25). The summed E-state index contributed by atoms with van der Waals surface area (Å²) in [6, 6.07) is 12.2. The highest BCUT2D eigenvalue weighted by Crippen LogP contribution is 2.29. The van der Waals surface area contributed by atoms with E-state index in [1.165, 1.54) is 43.8 Å². The van der Waals surface area contributed by atoms with Crippen molar-refractivity contribution >= 4 is 15.9 Å². The number of carbonyl (C=O) groups is 1. The number of amides is 1. The molecule has 1 aliphatic rings. The largest absolute Gasteiger partial charge is 0.492 e. The Kier molecular flexibility index (Phi) is 7.33. The minimum Gasteiger partial charge on any atom is -0.492 e. The summed E-state index contributed by atoms with van der Waals surface area (Å²) in [6.45, 7) is 0.562. The average Bonchev–Trinajstić information content (AvgIpc) is 2.75. The first-order valence-corrected chi connectivity index (χ1v) is 11.5. The van der Waals surface area contributed by atoms with Crippen molar-refractivity contribution in [1.82, 2.24) is 9.62 Å². The first-order valence-electron chi connectivity index (χ1n) is 10.0. The molecule has 1 aliphatic carbocycles. The van der Waals surface area contributed by atoms with E-state index in [0.29, 0.717) is 12.3 Å². The molecule has 30 heavy (non-hydrogen) atoms. The summed E-state index contributed by atoms with van der Waals surface area (Å²) in [5.74, 6) is 1.12. The molecule has 0 radical (unpaired) electrons. The summed E-state index contributed by atoms with van der Waals surface area (Å²) in [7, 11) is -0.489. The van der Waals surface area contributed by atoms with E-state index in [0.717, 1.165) is 29.3 Å². The maximum absolute atomic E-state index is 12.1. The van der Waals surface area contributed by atoms with Gasteiger partial charge in [-0.05, 0) is 67.1 Å². The maximum atomic E-state index is 12.1. The Hall–Kier alpha value is -2.58. The van der Waals surface area contributed by atoms with E-state index in [-0.39, 0.29) is 24.0 Å². The lowest BCUT2D eigenvalue weighted by Gasteiger charge is -2.19. The molecule has 1 amide bonds. The Labute approximate surface area is 178 Å². The molecule has 0 spiro atoms. The summed E-state index contributed by atoms with van der Waals surface area (Å²) in [4.78, 5) is 12.3. The van der Waals surface area contributed by atoms with Crippen LogP contribution in [0.4, 0.5) is 0 Å². The van der Waals surface area contributed by atoms with Crippen molar-refractivity contribution in [3.8, 4) is 11.5 Å². The number of hydrogen-bond acceptors (Lipinski definition) is 5. The van der Waals surface area contributed by atoms with E-state index in [1.807, 2.05) is 12.1 Å². The Bertz CT molecular complexity index is 972. The molecule has 0 aliphatic heterocycles. The average molecular weight is 433 g/mol. The van der Waals surface area contributed by atoms with Gasteiger partial charge in [0.2, 0.25) is 10.0 Å². The molecule has 8 heteroatoms. The van der Waals surface area contributed by atoms with Gasteiger partial charge in [-0.25, -0.2) is 12.7 Å². The third-order valence-corrected chi connectivity index (χ3v) is 6.84. The molecule has 0 atom stereocenters. The van der Waals surface area contributed by atoms with Crippen LogP contribution in [0.1, 0.15) is 24.0 Å². The maximum Gasteiger partial charge on any atom is 0.258 e. The van der Waals surface area contributed by atoms with Crippen LogP contribution in [0.15, 0.2) is 47.4 Å². The van der Waals surface area contributed by atoms with Crippen LogP contribution < -0.4 is 14.8 Å². The van der Waals surface area contributed by atoms with Gasteiger partial charge >= 0.3 is 0 Å². The number of carbonyl (C=O) groups excluding carboxylic acids is 1. The molecular weight excluding hydrogens is 404 g/mol. The topological polar surface area (TPSA) is 84.9 Å². The summed E-state index contributed by atoms with van der Waals surface area (Å²) >= 11 is 0. The van der Waals surface area contributed by atoms with Crippen LogP contribution in [0.5, 0.6) is 11.5 Å². The first-order chi connectivity index (χ1) is 14.4. The van der Waals surface area contributed by atoms with Crippen LogP contribution >= 0.6 is 0 Å². The monoisotopic (exact) mass is 432 g/mol. The summed E-state index contributed by atoms with van der Waals surface area (Å²) in [5, 5.41) is 2.76. The Morgan fingerprint density at radius 2 is 1.77 bits per heavy atom. The van der Waals surface area contributed by atoms with Gasteiger partial charge in [0.05, 0.1) is 11.4 Å². The van der Waals surface area contributed by atoms with Gasteiger partial charge < -0.3 is 14.8 Å². The molecule has 2 aromatic rings. The lowest BCUT2D eigenvalue weighted by atomic mass is 9.91. The minimum atomic E-state index is -3.46. The van der Waals surface area contributed by atoms with Crippen molar-refractivity contribution in [2.45, 2.75) is 30.6 Å². The van der Waals surface area contributed by atoms with E-state index in [1.54, 1.807) is 12.1 Å². The molecule has 2 aromatic carbocycles. The number of ether oxygens (including phenoxy) is 2. The van der Waals surface area contributed by atoms with Crippen LogP contribution in [0.2, 0.25) is 0 Å². The fourth-order valence-corrected chi connectivity index (χ4v) is 4.26. The highest BCUT2D eigenvalue weighted by molar-refractivity contribution is 7.89. The molecule has 0 unspecified atom stereocenters. The van der Waals surface area contributed by atoms with Crippen molar-refractivity contribution < 1.29 is 22.7 Å². The van der Waals surface area contributed by atoms with E-state index in [9.17, 15) is 13.2 Å². The van der Waals surface area contributed by atoms with E-state index >= 15 is 0 Å². The first kappa shape index (κ1) is 22.1. The van der Waals surface area contributed by atoms with E-state index in [2.05, 4.69) is 11.4 Å². The van der Waals surface area contributed by atoms with Crippen molar-refractivity contribution in [3.05, 3.63) is 53.6 Å². The zero-order valence-corrected chi connectivity index (χ0v) is 18.2. The smallest absolute Gasteiger partial charge is 0.258 e. The second-order valence-electron chi connectivity index (χ2n) is 7.35. The van der Waals surface area contributed by atoms with Gasteiger partial charge in [-0.15, -0.1) is 0 Å². The summed E-state index contributed by atoms with van der Waals surface area (Å²) in [6.07, 6.45) is 4.41. The van der Waals surface area contributed by atoms with Gasteiger partial charge in [-0.2, -0.15) is 0 Å². The number of aryl methyl sites for hydroxylation is 1. The van der Waals surface area contributed by atoms with Gasteiger partial charge in [-0.3, -0.25) is 4.79 Å². The van der Waals surface area contributed by atoms with Crippen molar-refractivity contribution in [1.29, 1.82) is 0 Å². The molecule has 162 valence electrons. The van der Waals surface area contributed by atoms with Crippen LogP contribution in [0, 0.1) is 0 Å². The number of rotatable bonds is 9. The van der Waals surface area contributed by atoms with Gasteiger partial charge in [0, 0.05) is 14.1 Å². The molecule has 0 saturated carbocycles. The van der Waals surface area contributed by atoms with E-state index < -0.39 is 10.0 Å². The summed E-state index contributed by atoms with van der Waals surface area (Å²) < 4.78 is 36.5. The summed E-state index contributed by atoms with van der Waals surface area (Å²) in [5.41, 5.74) is 2.54. The Balaban J connectivity index is 1.40. The van der Waals surface area contributed by atoms with Crippen molar-refractivity contribution in [2.75, 3.05) is 33.9 Å². The molecule has 0 aromatic heterocycles. The molecular formula is C22H28N2O5S. The highest BCUT2D eigenvalue weighted by Gasteiger charge is 2.17. The number of sulfonamides is 1. The predicted molar refractivity (Wildman–Crippen MR) is 114 cm³/mol. The van der Waals surface area contributed by atoms with Crippen molar-refractivity contribution in [2.24, 2.45) is 0 Å². The number of nitrogens with zero attached hydrogens (tertiary/aromatic N) is 1. The second kappa shape index (κ2) is 9.95. The molecule has 7 nitrogen and oxygen atoms in total. The molecule has 0 heterocycles. The molecule has 1 N–H and O–H groups in total. The normalized spacial score (nSPS) is 13.6. The highest BCUT2D eigenvalue weighted by atomic mass is 32.2. The van der Waals surface area contributed by atoms with Gasteiger partial charge in [-0.1, -0.05) is 12.1 Å². The number of benzene rings is 2. The number of hydrogen-bond donors (Lipinski definition) is 1. The van der Waals surface area contributed by atoms with Crippen LogP contribution in [0.25, 0.3) is 0 Å². The molecule has 0 saturated heterocycles. The molecule has 0 bridgehead atoms. The van der Waals surface area contributed by atoms with Gasteiger partial charge in [0.15, 0.2) is 6.61 Å². The van der Waals surface area contributed by atoms with Crippen LogP contribution in [-0.4, -0.2) is 52.5 Å². The SMILES string of the molecule is CN(C)S(=O)(=O)c1ccc(OCCNC(=O)COc2cccc3c2CCCC3)cc1. The third-order valence-electron chi connectivity index (χ3n) is 5.01. The minimum absolute atomic E-state index is 0.0342. The molecule has 0 fully saturated rings. The second-order valence-corrected chi connectivity index (χ2v) is 9.50. The number of fused-ring (bicyclic) bond motifs is 1. The molecule has 3 rings (SSSR count). The predicted octanol–water partition coefficient (Wildman–Crippen LogP) is 2.39.